The molecule has 0 unspecified atom stereocenters. The first kappa shape index (κ1) is 40.4. The van der Waals surface area contributed by atoms with Crippen molar-refractivity contribution in [3.05, 3.63) is 70.8 Å². The molecular weight excluding hydrogens is 727 g/mol. The van der Waals surface area contributed by atoms with Crippen LogP contribution in [0.3, 0.4) is 0 Å². The van der Waals surface area contributed by atoms with Gasteiger partial charge in [0, 0.05) is 30.6 Å². The van der Waals surface area contributed by atoms with Gasteiger partial charge in [0.1, 0.15) is 0 Å². The summed E-state index contributed by atoms with van der Waals surface area (Å²) >= 11 is 0. The number of hydrogen-bond acceptors (Lipinski definition) is 6. The van der Waals surface area contributed by atoms with E-state index in [1.165, 1.54) is 76.3 Å². The Balaban J connectivity index is 0.972. The first-order valence-corrected chi connectivity index (χ1v) is 25.9. The summed E-state index contributed by atoms with van der Waals surface area (Å²) in [5.41, 5.74) is 5.82. The van der Waals surface area contributed by atoms with Crippen LogP contribution >= 0.6 is 21.6 Å². The highest BCUT2D eigenvalue weighted by Gasteiger charge is 2.65. The van der Waals surface area contributed by atoms with Crippen molar-refractivity contribution in [3.8, 4) is 0 Å². The molecule has 4 aliphatic carbocycles. The molecule has 0 spiro atoms. The Morgan fingerprint density at radius 2 is 1.61 bits per heavy atom. The minimum absolute atomic E-state index is 0.140. The van der Waals surface area contributed by atoms with Crippen LogP contribution in [0.2, 0.25) is 0 Å². The van der Waals surface area contributed by atoms with E-state index in [1.54, 1.807) is 16.7 Å². The molecule has 2 aromatic rings. The Morgan fingerprint density at radius 1 is 0.750 bits per heavy atom. The number of rotatable bonds is 7. The van der Waals surface area contributed by atoms with Crippen LogP contribution in [0.1, 0.15) is 139 Å². The van der Waals surface area contributed by atoms with Gasteiger partial charge in [-0.3, -0.25) is 4.90 Å². The third kappa shape index (κ3) is 7.52. The summed E-state index contributed by atoms with van der Waals surface area (Å²) in [6.07, 6.45) is 18.1. The van der Waals surface area contributed by atoms with Gasteiger partial charge in [-0.1, -0.05) is 96.8 Å². The zero-order valence-corrected chi connectivity index (χ0v) is 36.5. The minimum Gasteiger partial charge on any atom is -0.393 e. The molecule has 56 heavy (non-hydrogen) atoms. The Kier molecular flexibility index (Phi) is 12.1. The fourth-order valence-electron chi connectivity index (χ4n) is 15.4. The van der Waals surface area contributed by atoms with Crippen LogP contribution in [-0.2, 0) is 18.6 Å². The molecule has 2 aromatic carbocycles. The van der Waals surface area contributed by atoms with Gasteiger partial charge in [0.25, 0.3) is 0 Å². The van der Waals surface area contributed by atoms with Crippen LogP contribution in [0, 0.1) is 58.7 Å². The van der Waals surface area contributed by atoms with Crippen LogP contribution in [0.15, 0.2) is 48.5 Å². The van der Waals surface area contributed by atoms with E-state index >= 15 is 0 Å². The van der Waals surface area contributed by atoms with E-state index in [1.807, 2.05) is 0 Å². The van der Waals surface area contributed by atoms with Crippen molar-refractivity contribution in [2.75, 3.05) is 18.8 Å². The number of piperidine rings is 2. The summed E-state index contributed by atoms with van der Waals surface area (Å²) in [4.78, 5) is 2.87. The Hall–Kier alpha value is -1.02. The molecule has 4 saturated carbocycles. The van der Waals surface area contributed by atoms with Gasteiger partial charge in [-0.25, -0.2) is 0 Å². The fraction of sp³-hybridized carbons (Fsp3) is 0.760. The molecule has 0 radical (unpaired) electrons. The summed E-state index contributed by atoms with van der Waals surface area (Å²) < 4.78 is 0. The van der Waals surface area contributed by atoms with E-state index < -0.39 is 5.60 Å². The molecule has 4 nitrogen and oxygen atoms in total. The third-order valence-corrected chi connectivity index (χ3v) is 20.3. The third-order valence-electron chi connectivity index (χ3n) is 17.9. The maximum absolute atomic E-state index is 13.0. The first-order chi connectivity index (χ1) is 27.2. The average Bonchev–Trinajstić information content (AvgIpc) is 3.57. The summed E-state index contributed by atoms with van der Waals surface area (Å²) in [7, 11) is 4.21. The van der Waals surface area contributed by atoms with Crippen molar-refractivity contribution in [1.82, 2.24) is 4.90 Å². The molecule has 15 atom stereocenters. The van der Waals surface area contributed by atoms with Crippen molar-refractivity contribution in [2.45, 2.75) is 159 Å². The molecule has 2 saturated heterocycles. The summed E-state index contributed by atoms with van der Waals surface area (Å²) in [6, 6.07) is 18.8. The highest BCUT2D eigenvalue weighted by Crippen LogP contribution is 2.67. The zero-order chi connectivity index (χ0) is 38.6. The van der Waals surface area contributed by atoms with E-state index in [2.05, 4.69) is 95.8 Å². The lowest BCUT2D eigenvalue weighted by molar-refractivity contribution is -0.190. The first-order valence-electron chi connectivity index (χ1n) is 23.4. The molecule has 6 fully saturated rings. The summed E-state index contributed by atoms with van der Waals surface area (Å²) in [5.74, 6) is 7.79. The van der Waals surface area contributed by atoms with Crippen molar-refractivity contribution in [3.63, 3.8) is 0 Å². The number of aliphatic hydroxyl groups is 3. The van der Waals surface area contributed by atoms with Crippen LogP contribution in [0.4, 0.5) is 0 Å². The number of aliphatic hydroxyl groups excluding tert-OH is 2. The summed E-state index contributed by atoms with van der Waals surface area (Å²) in [6.45, 7) is 9.41. The number of nitrogens with zero attached hydrogens (tertiary/aromatic N) is 1. The number of hydrogen-bond donors (Lipinski definition) is 3. The van der Waals surface area contributed by atoms with Gasteiger partial charge in [0.2, 0.25) is 0 Å². The molecule has 3 heterocycles. The lowest BCUT2D eigenvalue weighted by Crippen LogP contribution is -2.70. The van der Waals surface area contributed by atoms with Crippen molar-refractivity contribution >= 4 is 21.6 Å². The van der Waals surface area contributed by atoms with Gasteiger partial charge in [0.15, 0.2) is 0 Å². The van der Waals surface area contributed by atoms with Crippen molar-refractivity contribution in [2.24, 2.45) is 58.7 Å². The molecule has 7 aliphatic rings. The molecule has 0 aromatic heterocycles. The number of fused-ring (bicyclic) bond motifs is 12. The van der Waals surface area contributed by atoms with E-state index in [-0.39, 0.29) is 29.6 Å². The molecule has 2 bridgehead atoms. The van der Waals surface area contributed by atoms with E-state index in [0.717, 1.165) is 56.6 Å². The lowest BCUT2D eigenvalue weighted by atomic mass is 9.51. The molecule has 3 aliphatic heterocycles. The topological polar surface area (TPSA) is 63.9 Å². The van der Waals surface area contributed by atoms with Crippen LogP contribution in [0.25, 0.3) is 0 Å². The number of benzene rings is 2. The van der Waals surface area contributed by atoms with Gasteiger partial charge < -0.3 is 15.3 Å². The highest BCUT2D eigenvalue weighted by atomic mass is 33.1. The molecule has 9 rings (SSSR count). The quantitative estimate of drug-likeness (QED) is 0.192. The van der Waals surface area contributed by atoms with E-state index in [9.17, 15) is 15.3 Å². The molecule has 3 N–H and O–H groups in total. The van der Waals surface area contributed by atoms with Crippen LogP contribution in [-0.4, -0.2) is 62.9 Å². The monoisotopic (exact) mass is 800 g/mol. The second-order valence-electron chi connectivity index (χ2n) is 20.8. The van der Waals surface area contributed by atoms with Crippen LogP contribution in [0.5, 0.6) is 0 Å². The van der Waals surface area contributed by atoms with Gasteiger partial charge in [0.05, 0.1) is 17.8 Å². The predicted octanol–water partition coefficient (Wildman–Crippen LogP) is 10.7. The number of unbranched alkanes of at least 4 members (excludes halogenated alkanes) is 2. The van der Waals surface area contributed by atoms with Gasteiger partial charge in [-0.15, -0.1) is 0 Å². The fourth-order valence-corrected chi connectivity index (χ4v) is 17.9. The molecule has 308 valence electrons. The van der Waals surface area contributed by atoms with Gasteiger partial charge >= 0.3 is 0 Å². The standard InChI is InChI=1S/C50H73NO3S2/c1-4-5-7-13-34-14-10-15-38-35(18-16-32-11-8-6-9-12-32)19-17-33-24-36(30-55-56-31-43(34)38)48-50(3,54)44-21-20-39-40(42(44)29-51(48)28-33)26-45-41(39)27-47(53)46-25-37(52)22-23-49(45,46)2/h6,8-12,14-15,33,35-37,39-42,44-48,52-54H,4-5,7,13,16-31H2,1-3H3/t33-,35-,36-,37-,39-,40-,41-,42-,44+,45+,46-,47-,48-,49+,50-/m0/s1. The lowest BCUT2D eigenvalue weighted by Gasteiger charge is -2.62. The number of aryl methyl sites for hydroxylation is 2. The van der Waals surface area contributed by atoms with Gasteiger partial charge in [-0.2, -0.15) is 0 Å². The smallest absolute Gasteiger partial charge is 0.0808 e. The average molecular weight is 800 g/mol. The Morgan fingerprint density at radius 3 is 2.45 bits per heavy atom. The maximum Gasteiger partial charge on any atom is 0.0808 e. The predicted molar refractivity (Wildman–Crippen MR) is 235 cm³/mol. The van der Waals surface area contributed by atoms with E-state index in [4.69, 9.17) is 0 Å². The molecular formula is C50H73NO3S2. The van der Waals surface area contributed by atoms with E-state index in [0.29, 0.717) is 53.3 Å². The minimum atomic E-state index is -0.669. The maximum atomic E-state index is 13.0. The largest absolute Gasteiger partial charge is 0.393 e. The second-order valence-corrected chi connectivity index (χ2v) is 23.3. The summed E-state index contributed by atoms with van der Waals surface area (Å²) in [5, 5.41) is 35.2. The van der Waals surface area contributed by atoms with Crippen LogP contribution < -0.4 is 0 Å². The Labute approximate surface area is 347 Å². The Bertz CT molecular complexity index is 1640. The van der Waals surface area contributed by atoms with Crippen molar-refractivity contribution < 1.29 is 15.3 Å². The highest BCUT2D eigenvalue weighted by molar-refractivity contribution is 8.76. The molecule has 0 amide bonds. The SMILES string of the molecule is CCCCCc1cccc2c1CSSC[C@@H]1C[C@H](CC[C@@H]2CCc2ccccc2)CN2C[C@H]3[C@H]4C[C@@H]5[C@@H](C[C@H](O)[C@@H]6C[C@@H](O)CC[C@]56C)[C@H]4CC[C@H]3[C@](C)(O)[C@H]12. The van der Waals surface area contributed by atoms with Crippen molar-refractivity contribution in [1.29, 1.82) is 0 Å². The molecule has 6 heteroatoms. The normalized spacial score (nSPS) is 43.8. The second kappa shape index (κ2) is 16.8. The van der Waals surface area contributed by atoms with Gasteiger partial charge in [-0.05, 0) is 184 Å². The zero-order valence-electron chi connectivity index (χ0n) is 34.9.